The third kappa shape index (κ3) is 3.01. The van der Waals surface area contributed by atoms with Crippen LogP contribution in [0.3, 0.4) is 0 Å². The first kappa shape index (κ1) is 12.9. The number of benzene rings is 1. The van der Waals surface area contributed by atoms with Gasteiger partial charge in [-0.2, -0.15) is 0 Å². The monoisotopic (exact) mass is 262 g/mol. The van der Waals surface area contributed by atoms with Gasteiger partial charge in [-0.3, -0.25) is 4.79 Å². The van der Waals surface area contributed by atoms with Gasteiger partial charge in [-0.1, -0.05) is 0 Å². The van der Waals surface area contributed by atoms with E-state index in [1.807, 2.05) is 7.05 Å². The molecule has 1 amide bonds. The highest BCUT2D eigenvalue weighted by Gasteiger charge is 2.11. The van der Waals surface area contributed by atoms with Crippen LogP contribution in [0.15, 0.2) is 24.5 Å². The Labute approximate surface area is 109 Å². The fourth-order valence-electron chi connectivity index (χ4n) is 1.63. The molecule has 0 unspecified atom stereocenters. The lowest BCUT2D eigenvalue weighted by Crippen LogP contribution is -2.26. The number of rotatable bonds is 4. The topological polar surface area (TPSA) is 100 Å². The molecule has 2 rings (SSSR count). The second-order valence-corrected chi connectivity index (χ2v) is 4.07. The Bertz CT molecular complexity index is 594. The molecule has 0 atom stereocenters. The molecule has 0 spiro atoms. The van der Waals surface area contributed by atoms with Crippen LogP contribution in [0.4, 0.5) is 0 Å². The predicted molar refractivity (Wildman–Crippen MR) is 66.8 cm³/mol. The third-order valence-corrected chi connectivity index (χ3v) is 2.67. The number of hydrogen-bond acceptors (Lipinski definition) is 5. The van der Waals surface area contributed by atoms with E-state index >= 15 is 0 Å². The van der Waals surface area contributed by atoms with Crippen LogP contribution in [0.25, 0.3) is 0 Å². The number of aromatic hydroxyl groups is 2. The second kappa shape index (κ2) is 5.38. The summed E-state index contributed by atoms with van der Waals surface area (Å²) in [5.41, 5.74) is 0.121. The standard InChI is InChI=1S/C12H14N4O3/c1-16-7-14-15-11(16)4-5-13-12(19)9-3-2-8(17)6-10(9)18/h2-3,6-7,17-18H,4-5H2,1H3,(H,13,19). The van der Waals surface area contributed by atoms with Gasteiger partial charge in [0, 0.05) is 26.1 Å². The van der Waals surface area contributed by atoms with Crippen LogP contribution in [0.1, 0.15) is 16.2 Å². The molecule has 0 aliphatic rings. The van der Waals surface area contributed by atoms with Gasteiger partial charge in [0.15, 0.2) is 0 Å². The minimum Gasteiger partial charge on any atom is -0.508 e. The van der Waals surface area contributed by atoms with Gasteiger partial charge in [-0.25, -0.2) is 0 Å². The molecule has 0 aliphatic carbocycles. The van der Waals surface area contributed by atoms with E-state index in [1.54, 1.807) is 10.9 Å². The number of aromatic nitrogens is 3. The number of hydrogen-bond donors (Lipinski definition) is 3. The average molecular weight is 262 g/mol. The molecule has 1 aromatic heterocycles. The van der Waals surface area contributed by atoms with Gasteiger partial charge < -0.3 is 20.1 Å². The molecular formula is C12H14N4O3. The summed E-state index contributed by atoms with van der Waals surface area (Å²) in [4.78, 5) is 11.8. The zero-order chi connectivity index (χ0) is 13.8. The van der Waals surface area contributed by atoms with Crippen molar-refractivity contribution in [3.8, 4) is 11.5 Å². The molecule has 100 valence electrons. The van der Waals surface area contributed by atoms with E-state index in [0.29, 0.717) is 13.0 Å². The average Bonchev–Trinajstić information content (AvgIpc) is 2.75. The Morgan fingerprint density at radius 2 is 2.21 bits per heavy atom. The number of aryl methyl sites for hydroxylation is 1. The largest absolute Gasteiger partial charge is 0.508 e. The Hall–Kier alpha value is -2.57. The first-order valence-corrected chi connectivity index (χ1v) is 5.71. The summed E-state index contributed by atoms with van der Waals surface area (Å²) >= 11 is 0. The zero-order valence-electron chi connectivity index (χ0n) is 10.4. The van der Waals surface area contributed by atoms with Crippen LogP contribution in [0, 0.1) is 0 Å². The van der Waals surface area contributed by atoms with Gasteiger partial charge in [0.25, 0.3) is 5.91 Å². The summed E-state index contributed by atoms with van der Waals surface area (Å²) in [5.74, 6) is 0.0131. The van der Waals surface area contributed by atoms with Crippen LogP contribution in [-0.4, -0.2) is 37.4 Å². The lowest BCUT2D eigenvalue weighted by atomic mass is 10.2. The number of carbonyl (C=O) groups excluding carboxylic acids is 1. The Morgan fingerprint density at radius 1 is 1.42 bits per heavy atom. The van der Waals surface area contributed by atoms with Crippen molar-refractivity contribution in [1.82, 2.24) is 20.1 Å². The summed E-state index contributed by atoms with van der Waals surface area (Å²) in [7, 11) is 1.82. The summed E-state index contributed by atoms with van der Waals surface area (Å²) in [6.45, 7) is 0.381. The third-order valence-electron chi connectivity index (χ3n) is 2.67. The fourth-order valence-corrected chi connectivity index (χ4v) is 1.63. The molecule has 7 heteroatoms. The lowest BCUT2D eigenvalue weighted by molar-refractivity contribution is 0.0951. The first-order valence-electron chi connectivity index (χ1n) is 5.71. The van der Waals surface area contributed by atoms with Crippen LogP contribution < -0.4 is 5.32 Å². The van der Waals surface area contributed by atoms with Crippen molar-refractivity contribution in [3.05, 3.63) is 35.9 Å². The normalized spacial score (nSPS) is 10.4. The molecule has 2 aromatic rings. The summed E-state index contributed by atoms with van der Waals surface area (Å²) < 4.78 is 1.77. The van der Waals surface area contributed by atoms with Crippen LogP contribution in [0.5, 0.6) is 11.5 Å². The number of phenols is 2. The van der Waals surface area contributed by atoms with Crippen molar-refractivity contribution in [3.63, 3.8) is 0 Å². The van der Waals surface area contributed by atoms with E-state index in [4.69, 9.17) is 5.11 Å². The molecule has 0 fully saturated rings. The van der Waals surface area contributed by atoms with Gasteiger partial charge in [-0.05, 0) is 12.1 Å². The van der Waals surface area contributed by atoms with Crippen LogP contribution in [0.2, 0.25) is 0 Å². The highest BCUT2D eigenvalue weighted by molar-refractivity contribution is 5.96. The fraction of sp³-hybridized carbons (Fsp3) is 0.250. The summed E-state index contributed by atoms with van der Waals surface area (Å²) in [5, 5.41) is 29.0. The number of nitrogens with one attached hydrogen (secondary N) is 1. The minimum absolute atomic E-state index is 0.0897. The van der Waals surface area contributed by atoms with E-state index in [2.05, 4.69) is 15.5 Å². The van der Waals surface area contributed by atoms with Crippen molar-refractivity contribution in [2.24, 2.45) is 7.05 Å². The van der Waals surface area contributed by atoms with E-state index in [9.17, 15) is 9.90 Å². The van der Waals surface area contributed by atoms with E-state index in [0.717, 1.165) is 11.9 Å². The maximum Gasteiger partial charge on any atom is 0.255 e. The molecule has 0 saturated heterocycles. The van der Waals surface area contributed by atoms with E-state index in [-0.39, 0.29) is 17.1 Å². The first-order chi connectivity index (χ1) is 9.08. The Kier molecular flexibility index (Phi) is 3.65. The second-order valence-electron chi connectivity index (χ2n) is 4.07. The van der Waals surface area contributed by atoms with Crippen molar-refractivity contribution >= 4 is 5.91 Å². The van der Waals surface area contributed by atoms with Gasteiger partial charge >= 0.3 is 0 Å². The maximum atomic E-state index is 11.8. The molecule has 0 bridgehead atoms. The predicted octanol–water partition coefficient (Wildman–Crippen LogP) is 0.199. The number of phenolic OH excluding ortho intramolecular Hbond substituents is 2. The molecule has 3 N–H and O–H groups in total. The molecule has 19 heavy (non-hydrogen) atoms. The molecule has 0 saturated carbocycles. The van der Waals surface area contributed by atoms with Crippen LogP contribution >= 0.6 is 0 Å². The number of nitrogens with zero attached hydrogens (tertiary/aromatic N) is 3. The number of carbonyl (C=O) groups is 1. The molecule has 1 aromatic carbocycles. The van der Waals surface area contributed by atoms with E-state index < -0.39 is 5.91 Å². The Morgan fingerprint density at radius 3 is 2.84 bits per heavy atom. The summed E-state index contributed by atoms with van der Waals surface area (Å²) in [6, 6.07) is 3.83. The van der Waals surface area contributed by atoms with Crippen molar-refractivity contribution < 1.29 is 15.0 Å². The SMILES string of the molecule is Cn1cnnc1CCNC(=O)c1ccc(O)cc1O. The van der Waals surface area contributed by atoms with Gasteiger partial charge in [0.2, 0.25) is 0 Å². The van der Waals surface area contributed by atoms with Gasteiger partial charge in [0.05, 0.1) is 5.56 Å². The van der Waals surface area contributed by atoms with Crippen molar-refractivity contribution in [1.29, 1.82) is 0 Å². The van der Waals surface area contributed by atoms with Gasteiger partial charge in [0.1, 0.15) is 23.7 Å². The number of amides is 1. The smallest absolute Gasteiger partial charge is 0.255 e. The molecule has 0 radical (unpaired) electrons. The maximum absolute atomic E-state index is 11.8. The molecular weight excluding hydrogens is 248 g/mol. The highest BCUT2D eigenvalue weighted by Crippen LogP contribution is 2.22. The van der Waals surface area contributed by atoms with E-state index in [1.165, 1.54) is 12.1 Å². The molecule has 1 heterocycles. The van der Waals surface area contributed by atoms with Crippen molar-refractivity contribution in [2.75, 3.05) is 6.54 Å². The van der Waals surface area contributed by atoms with Crippen LogP contribution in [-0.2, 0) is 13.5 Å². The quantitative estimate of drug-likeness (QED) is 0.730. The lowest BCUT2D eigenvalue weighted by Gasteiger charge is -2.06. The Balaban J connectivity index is 1.93. The molecule has 0 aliphatic heterocycles. The summed E-state index contributed by atoms with van der Waals surface area (Å²) in [6.07, 6.45) is 2.13. The minimum atomic E-state index is -0.403. The van der Waals surface area contributed by atoms with Crippen molar-refractivity contribution in [2.45, 2.75) is 6.42 Å². The molecule has 7 nitrogen and oxygen atoms in total. The highest BCUT2D eigenvalue weighted by atomic mass is 16.3. The van der Waals surface area contributed by atoms with Gasteiger partial charge in [-0.15, -0.1) is 10.2 Å². The zero-order valence-corrected chi connectivity index (χ0v) is 10.4.